The van der Waals surface area contributed by atoms with Crippen molar-refractivity contribution in [3.63, 3.8) is 0 Å². The first-order chi connectivity index (χ1) is 5.65. The summed E-state index contributed by atoms with van der Waals surface area (Å²) in [5.74, 6) is -0.375. The minimum Gasteiger partial charge on any atom is -0.298 e. The molecule has 1 fully saturated rings. The zero-order valence-corrected chi connectivity index (χ0v) is 7.63. The number of rotatable bonds is 1. The quantitative estimate of drug-likeness (QED) is 0.597. The van der Waals surface area contributed by atoms with Crippen molar-refractivity contribution in [3.05, 3.63) is 0 Å². The average molecular weight is 170 g/mol. The molecule has 2 unspecified atom stereocenters. The molecule has 3 heteroatoms. The largest absolute Gasteiger partial charge is 0.298 e. The van der Waals surface area contributed by atoms with E-state index in [-0.39, 0.29) is 5.92 Å². The van der Waals surface area contributed by atoms with Crippen LogP contribution in [-0.2, 0) is 0 Å². The molecule has 0 saturated carbocycles. The van der Waals surface area contributed by atoms with Gasteiger partial charge < -0.3 is 0 Å². The van der Waals surface area contributed by atoms with Crippen molar-refractivity contribution in [2.24, 2.45) is 5.92 Å². The van der Waals surface area contributed by atoms with Gasteiger partial charge in [-0.25, -0.2) is 4.39 Å². The molecule has 0 aromatic carbocycles. The zero-order chi connectivity index (χ0) is 9.14. The topological polar surface area (TPSA) is 27.0 Å². The Morgan fingerprint density at radius 1 is 1.58 bits per heavy atom. The molecular weight excluding hydrogens is 155 g/mol. The van der Waals surface area contributed by atoms with Crippen molar-refractivity contribution >= 4 is 0 Å². The molecule has 12 heavy (non-hydrogen) atoms. The molecule has 2 nitrogen and oxygen atoms in total. The summed E-state index contributed by atoms with van der Waals surface area (Å²) in [5.41, 5.74) is 0. The minimum atomic E-state index is -0.953. The van der Waals surface area contributed by atoms with Crippen molar-refractivity contribution in [3.8, 4) is 6.07 Å². The Balaban J connectivity index is 2.47. The van der Waals surface area contributed by atoms with Gasteiger partial charge >= 0.3 is 0 Å². The van der Waals surface area contributed by atoms with Crippen LogP contribution in [0.15, 0.2) is 0 Å². The lowest BCUT2D eigenvalue weighted by Gasteiger charge is -2.34. The highest BCUT2D eigenvalue weighted by Crippen LogP contribution is 2.20. The van der Waals surface area contributed by atoms with E-state index in [1.807, 2.05) is 6.07 Å². The monoisotopic (exact) mass is 170 g/mol. The number of hydrogen-bond donors (Lipinski definition) is 0. The van der Waals surface area contributed by atoms with E-state index in [0.29, 0.717) is 19.0 Å². The third-order valence-corrected chi connectivity index (χ3v) is 2.47. The van der Waals surface area contributed by atoms with E-state index >= 15 is 0 Å². The first-order valence-corrected chi connectivity index (χ1v) is 4.43. The molecule has 0 amide bonds. The van der Waals surface area contributed by atoms with Gasteiger partial charge in [0.2, 0.25) is 0 Å². The summed E-state index contributed by atoms with van der Waals surface area (Å²) < 4.78 is 13.2. The fourth-order valence-corrected chi connectivity index (χ4v) is 1.54. The van der Waals surface area contributed by atoms with Crippen LogP contribution in [0.4, 0.5) is 4.39 Å². The van der Waals surface area contributed by atoms with Crippen LogP contribution >= 0.6 is 0 Å². The second-order valence-corrected chi connectivity index (χ2v) is 3.63. The van der Waals surface area contributed by atoms with Crippen molar-refractivity contribution in [2.75, 3.05) is 13.1 Å². The number of nitrogens with zero attached hydrogens (tertiary/aromatic N) is 2. The van der Waals surface area contributed by atoms with Gasteiger partial charge in [-0.1, -0.05) is 0 Å². The highest BCUT2D eigenvalue weighted by atomic mass is 19.1. The van der Waals surface area contributed by atoms with Crippen LogP contribution < -0.4 is 0 Å². The van der Waals surface area contributed by atoms with E-state index < -0.39 is 6.17 Å². The lowest BCUT2D eigenvalue weighted by molar-refractivity contribution is 0.0862. The summed E-state index contributed by atoms with van der Waals surface area (Å²) in [6.07, 6.45) is -0.276. The molecule has 1 heterocycles. The standard InChI is InChI=1S/C9H15FN2/c1-7(2)12-4-3-8(5-11)9(10)6-12/h7-9H,3-4,6H2,1-2H3. The summed E-state index contributed by atoms with van der Waals surface area (Å²) in [6.45, 7) is 5.39. The van der Waals surface area contributed by atoms with Crippen LogP contribution in [0.25, 0.3) is 0 Å². The molecule has 0 radical (unpaired) electrons. The van der Waals surface area contributed by atoms with Crippen LogP contribution in [0.1, 0.15) is 20.3 Å². The molecule has 0 bridgehead atoms. The highest BCUT2D eigenvalue weighted by molar-refractivity contribution is 4.94. The normalized spacial score (nSPS) is 31.9. The average Bonchev–Trinajstić information content (AvgIpc) is 2.04. The van der Waals surface area contributed by atoms with Crippen LogP contribution in [0.3, 0.4) is 0 Å². The molecule has 0 aromatic heterocycles. The van der Waals surface area contributed by atoms with Gasteiger partial charge in [-0.15, -0.1) is 0 Å². The maximum Gasteiger partial charge on any atom is 0.129 e. The number of piperidine rings is 1. The minimum absolute atomic E-state index is 0.375. The van der Waals surface area contributed by atoms with E-state index in [4.69, 9.17) is 5.26 Å². The van der Waals surface area contributed by atoms with E-state index in [1.54, 1.807) is 0 Å². The van der Waals surface area contributed by atoms with Crippen LogP contribution in [0.5, 0.6) is 0 Å². The Bertz CT molecular complexity index is 185. The van der Waals surface area contributed by atoms with Gasteiger partial charge in [0.05, 0.1) is 12.0 Å². The van der Waals surface area contributed by atoms with Gasteiger partial charge in [-0.3, -0.25) is 4.90 Å². The fraction of sp³-hybridized carbons (Fsp3) is 0.889. The van der Waals surface area contributed by atoms with Crippen molar-refractivity contribution in [1.29, 1.82) is 5.26 Å². The van der Waals surface area contributed by atoms with E-state index in [0.717, 1.165) is 6.54 Å². The molecular formula is C9H15FN2. The van der Waals surface area contributed by atoms with Gasteiger partial charge in [0, 0.05) is 12.6 Å². The number of halogens is 1. The lowest BCUT2D eigenvalue weighted by atomic mass is 9.96. The number of alkyl halides is 1. The highest BCUT2D eigenvalue weighted by Gasteiger charge is 2.29. The molecule has 1 saturated heterocycles. The first-order valence-electron chi connectivity index (χ1n) is 4.43. The molecule has 1 aliphatic rings. The third kappa shape index (κ3) is 1.95. The Morgan fingerprint density at radius 3 is 2.67 bits per heavy atom. The summed E-state index contributed by atoms with van der Waals surface area (Å²) in [4.78, 5) is 2.08. The molecule has 1 aliphatic heterocycles. The Hall–Kier alpha value is -0.620. The smallest absolute Gasteiger partial charge is 0.129 e. The van der Waals surface area contributed by atoms with Crippen molar-refractivity contribution in [1.82, 2.24) is 4.90 Å². The molecule has 2 atom stereocenters. The Labute approximate surface area is 73.0 Å². The second-order valence-electron chi connectivity index (χ2n) is 3.63. The van der Waals surface area contributed by atoms with E-state index in [1.165, 1.54) is 0 Å². The molecule has 0 aromatic rings. The van der Waals surface area contributed by atoms with Gasteiger partial charge in [0.25, 0.3) is 0 Å². The van der Waals surface area contributed by atoms with Crippen LogP contribution in [0.2, 0.25) is 0 Å². The molecule has 1 rings (SSSR count). The Morgan fingerprint density at radius 2 is 2.25 bits per heavy atom. The fourth-order valence-electron chi connectivity index (χ4n) is 1.54. The summed E-state index contributed by atoms with van der Waals surface area (Å²) in [6, 6.07) is 2.40. The maximum atomic E-state index is 13.2. The Kier molecular flexibility index (Phi) is 3.05. The first kappa shape index (κ1) is 9.47. The number of nitriles is 1. The summed E-state index contributed by atoms with van der Waals surface area (Å²) in [5, 5.41) is 8.58. The van der Waals surface area contributed by atoms with Gasteiger partial charge in [-0.2, -0.15) is 5.26 Å². The summed E-state index contributed by atoms with van der Waals surface area (Å²) >= 11 is 0. The molecule has 0 aliphatic carbocycles. The van der Waals surface area contributed by atoms with Crippen molar-refractivity contribution in [2.45, 2.75) is 32.5 Å². The third-order valence-electron chi connectivity index (χ3n) is 2.47. The number of hydrogen-bond acceptors (Lipinski definition) is 2. The number of likely N-dealkylation sites (tertiary alicyclic amines) is 1. The SMILES string of the molecule is CC(C)N1CCC(C#N)C(F)C1. The lowest BCUT2D eigenvalue weighted by Crippen LogP contribution is -2.44. The van der Waals surface area contributed by atoms with Crippen molar-refractivity contribution < 1.29 is 4.39 Å². The van der Waals surface area contributed by atoms with Gasteiger partial charge in [-0.05, 0) is 26.8 Å². The van der Waals surface area contributed by atoms with Gasteiger partial charge in [0.15, 0.2) is 0 Å². The zero-order valence-electron chi connectivity index (χ0n) is 7.63. The molecule has 0 N–H and O–H groups in total. The van der Waals surface area contributed by atoms with Crippen LogP contribution in [-0.4, -0.2) is 30.2 Å². The van der Waals surface area contributed by atoms with E-state index in [9.17, 15) is 4.39 Å². The maximum absolute atomic E-state index is 13.2. The second kappa shape index (κ2) is 3.86. The molecule has 68 valence electrons. The predicted octanol–water partition coefficient (Wildman–Crippen LogP) is 1.58. The molecule has 0 spiro atoms. The summed E-state index contributed by atoms with van der Waals surface area (Å²) in [7, 11) is 0. The van der Waals surface area contributed by atoms with E-state index in [2.05, 4.69) is 18.7 Å². The van der Waals surface area contributed by atoms with Gasteiger partial charge in [0.1, 0.15) is 6.17 Å². The predicted molar refractivity (Wildman–Crippen MR) is 45.3 cm³/mol. The van der Waals surface area contributed by atoms with Crippen LogP contribution in [0, 0.1) is 17.2 Å².